The molecule has 5 rings (SSSR count). The molecule has 2 heterocycles. The first-order chi connectivity index (χ1) is 19.7. The van der Waals surface area contributed by atoms with Crippen LogP contribution in [0.4, 0.5) is 31.1 Å². The number of aryl methyl sites for hydroxylation is 1. The van der Waals surface area contributed by atoms with Gasteiger partial charge in [0.15, 0.2) is 0 Å². The third kappa shape index (κ3) is 6.00. The van der Waals surface area contributed by atoms with Crippen LogP contribution in [0.2, 0.25) is 0 Å². The molecule has 0 bridgehead atoms. The van der Waals surface area contributed by atoms with Crippen molar-refractivity contribution >= 4 is 6.03 Å². The van der Waals surface area contributed by atoms with E-state index in [0.717, 1.165) is 30.8 Å². The van der Waals surface area contributed by atoms with E-state index in [4.69, 9.17) is 0 Å². The van der Waals surface area contributed by atoms with Crippen LogP contribution in [0.25, 0.3) is 0 Å². The Hall–Kier alpha value is -3.53. The Bertz CT molecular complexity index is 1390. The van der Waals surface area contributed by atoms with Crippen molar-refractivity contribution in [2.75, 3.05) is 26.7 Å². The van der Waals surface area contributed by atoms with E-state index < -0.39 is 35.6 Å². The first-order valence-corrected chi connectivity index (χ1v) is 13.9. The van der Waals surface area contributed by atoms with Crippen molar-refractivity contribution in [3.05, 3.63) is 106 Å². The molecule has 4 unspecified atom stereocenters. The predicted molar refractivity (Wildman–Crippen MR) is 147 cm³/mol. The van der Waals surface area contributed by atoms with E-state index in [0.29, 0.717) is 18.7 Å². The standard InChI is InChI=1S/C32H33F6N3O/c1-20-9-7-8-12-27(20)29-28-19-40(16-22-10-5-4-6-11-22)17-24(28)18-41(29)30(42)39(3)21(2)23-13-25(31(33,34)35)15-26(14-23)32(36,37)38/h4-15,21,24,28-29H,16-19H2,1-3H3. The van der Waals surface area contributed by atoms with Crippen LogP contribution >= 0.6 is 0 Å². The molecule has 4 nitrogen and oxygen atoms in total. The molecule has 224 valence electrons. The molecule has 2 fully saturated rings. The molecule has 3 aromatic carbocycles. The number of rotatable bonds is 5. The predicted octanol–water partition coefficient (Wildman–Crippen LogP) is 7.95. The molecule has 2 amide bonds. The first-order valence-electron chi connectivity index (χ1n) is 13.9. The highest BCUT2D eigenvalue weighted by molar-refractivity contribution is 5.76. The van der Waals surface area contributed by atoms with Gasteiger partial charge in [-0.3, -0.25) is 4.90 Å². The van der Waals surface area contributed by atoms with E-state index in [9.17, 15) is 31.1 Å². The summed E-state index contributed by atoms with van der Waals surface area (Å²) < 4.78 is 81.1. The number of amides is 2. The number of carbonyl (C=O) groups excluding carboxylic acids is 1. The normalized spacial score (nSPS) is 21.8. The second kappa shape index (κ2) is 11.3. The molecule has 0 N–H and O–H groups in total. The molecular formula is C32H33F6N3O. The minimum absolute atomic E-state index is 0.106. The van der Waals surface area contributed by atoms with Crippen molar-refractivity contribution < 1.29 is 31.1 Å². The number of fused-ring (bicyclic) bond motifs is 1. The molecular weight excluding hydrogens is 556 g/mol. The molecule has 0 spiro atoms. The zero-order valence-corrected chi connectivity index (χ0v) is 23.6. The van der Waals surface area contributed by atoms with E-state index in [1.165, 1.54) is 24.4 Å². The number of nitrogens with zero attached hydrogens (tertiary/aromatic N) is 3. The third-order valence-electron chi connectivity index (χ3n) is 8.72. The fourth-order valence-electron chi connectivity index (χ4n) is 6.43. The average Bonchev–Trinajstić information content (AvgIpc) is 3.49. The van der Waals surface area contributed by atoms with Gasteiger partial charge in [-0.05, 0) is 60.2 Å². The lowest BCUT2D eigenvalue weighted by molar-refractivity contribution is -0.143. The minimum atomic E-state index is -4.97. The Morgan fingerprint density at radius 3 is 2.07 bits per heavy atom. The number of likely N-dealkylation sites (tertiary alicyclic amines) is 2. The smallest absolute Gasteiger partial charge is 0.321 e. The molecule has 3 aromatic rings. The monoisotopic (exact) mass is 589 g/mol. The SMILES string of the molecule is Cc1ccccc1C1C2CN(Cc3ccccc3)CC2CN1C(=O)N(C)C(C)c1cc(C(F)(F)F)cc(C(F)(F)F)c1. The lowest BCUT2D eigenvalue weighted by Gasteiger charge is -2.36. The summed E-state index contributed by atoms with van der Waals surface area (Å²) in [4.78, 5) is 19.4. The van der Waals surface area contributed by atoms with Crippen molar-refractivity contribution in [2.45, 2.75) is 44.8 Å². The number of urea groups is 1. The van der Waals surface area contributed by atoms with Gasteiger partial charge in [0.25, 0.3) is 0 Å². The number of carbonyl (C=O) groups is 1. The van der Waals surface area contributed by atoms with Crippen LogP contribution < -0.4 is 0 Å². The summed E-state index contributed by atoms with van der Waals surface area (Å²) in [5.74, 6) is 0.309. The number of halogens is 6. The van der Waals surface area contributed by atoms with E-state index in [1.54, 1.807) is 4.90 Å². The van der Waals surface area contributed by atoms with E-state index in [1.807, 2.05) is 49.4 Å². The summed E-state index contributed by atoms with van der Waals surface area (Å²) in [7, 11) is 1.44. The summed E-state index contributed by atoms with van der Waals surface area (Å²) in [5, 5.41) is 0. The van der Waals surface area contributed by atoms with Gasteiger partial charge in [-0.15, -0.1) is 0 Å². The topological polar surface area (TPSA) is 26.8 Å². The number of hydrogen-bond acceptors (Lipinski definition) is 2. The lowest BCUT2D eigenvalue weighted by Crippen LogP contribution is -2.44. The highest BCUT2D eigenvalue weighted by atomic mass is 19.4. The van der Waals surface area contributed by atoms with Crippen molar-refractivity contribution in [3.8, 4) is 0 Å². The van der Waals surface area contributed by atoms with Crippen LogP contribution in [0.1, 0.15) is 52.4 Å². The van der Waals surface area contributed by atoms with Gasteiger partial charge in [0.2, 0.25) is 0 Å². The van der Waals surface area contributed by atoms with Crippen LogP contribution in [-0.4, -0.2) is 47.4 Å². The number of alkyl halides is 6. The van der Waals surface area contributed by atoms with E-state index in [-0.39, 0.29) is 29.5 Å². The Morgan fingerprint density at radius 1 is 0.881 bits per heavy atom. The summed E-state index contributed by atoms with van der Waals surface area (Å²) in [6.45, 7) is 6.22. The van der Waals surface area contributed by atoms with E-state index in [2.05, 4.69) is 17.0 Å². The second-order valence-corrected chi connectivity index (χ2v) is 11.5. The number of benzene rings is 3. The van der Waals surface area contributed by atoms with Gasteiger partial charge in [-0.1, -0.05) is 54.6 Å². The summed E-state index contributed by atoms with van der Waals surface area (Å²) in [6, 6.07) is 17.7. The van der Waals surface area contributed by atoms with Gasteiger partial charge in [0.05, 0.1) is 23.2 Å². The van der Waals surface area contributed by atoms with Crippen LogP contribution in [0.5, 0.6) is 0 Å². The molecule has 2 aliphatic heterocycles. The Balaban J connectivity index is 1.43. The first kappa shape index (κ1) is 29.9. The fraction of sp³-hybridized carbons (Fsp3) is 0.406. The second-order valence-electron chi connectivity index (χ2n) is 11.5. The number of hydrogen-bond donors (Lipinski definition) is 0. The Kier molecular flexibility index (Phi) is 8.04. The molecule has 0 radical (unpaired) electrons. The summed E-state index contributed by atoms with van der Waals surface area (Å²) in [6.07, 6.45) is -9.93. The molecule has 0 saturated carbocycles. The van der Waals surface area contributed by atoms with Gasteiger partial charge in [-0.25, -0.2) is 4.79 Å². The maximum absolute atomic E-state index is 14.0. The van der Waals surface area contributed by atoms with Gasteiger partial charge in [0, 0.05) is 39.1 Å². The molecule has 0 aliphatic carbocycles. The summed E-state index contributed by atoms with van der Waals surface area (Å²) in [5.41, 5.74) is 0.198. The molecule has 10 heteroatoms. The van der Waals surface area contributed by atoms with Gasteiger partial charge < -0.3 is 9.80 Å². The van der Waals surface area contributed by atoms with Crippen LogP contribution in [-0.2, 0) is 18.9 Å². The fourth-order valence-corrected chi connectivity index (χ4v) is 6.43. The molecule has 4 atom stereocenters. The Labute approximate surface area is 241 Å². The zero-order valence-electron chi connectivity index (χ0n) is 23.6. The maximum Gasteiger partial charge on any atom is 0.416 e. The van der Waals surface area contributed by atoms with Gasteiger partial charge >= 0.3 is 18.4 Å². The van der Waals surface area contributed by atoms with Crippen LogP contribution in [0.15, 0.2) is 72.8 Å². The highest BCUT2D eigenvalue weighted by Gasteiger charge is 2.50. The van der Waals surface area contributed by atoms with Crippen molar-refractivity contribution in [1.82, 2.24) is 14.7 Å². The lowest BCUT2D eigenvalue weighted by atomic mass is 9.87. The largest absolute Gasteiger partial charge is 0.416 e. The van der Waals surface area contributed by atoms with Crippen molar-refractivity contribution in [3.63, 3.8) is 0 Å². The Morgan fingerprint density at radius 2 is 1.48 bits per heavy atom. The molecule has 2 aliphatic rings. The molecule has 2 saturated heterocycles. The van der Waals surface area contributed by atoms with Crippen molar-refractivity contribution in [2.24, 2.45) is 11.8 Å². The quantitative estimate of drug-likeness (QED) is 0.283. The minimum Gasteiger partial charge on any atom is -0.321 e. The van der Waals surface area contributed by atoms with Crippen LogP contribution in [0, 0.1) is 18.8 Å². The average molecular weight is 590 g/mol. The maximum atomic E-state index is 14.0. The molecule has 0 aromatic heterocycles. The third-order valence-corrected chi connectivity index (χ3v) is 8.72. The summed E-state index contributed by atoms with van der Waals surface area (Å²) >= 11 is 0. The van der Waals surface area contributed by atoms with Gasteiger partial charge in [-0.2, -0.15) is 26.3 Å². The van der Waals surface area contributed by atoms with Gasteiger partial charge in [0.1, 0.15) is 0 Å². The zero-order chi connectivity index (χ0) is 30.4. The van der Waals surface area contributed by atoms with Crippen LogP contribution in [0.3, 0.4) is 0 Å². The molecule has 42 heavy (non-hydrogen) atoms. The van der Waals surface area contributed by atoms with Crippen molar-refractivity contribution in [1.29, 1.82) is 0 Å². The highest BCUT2D eigenvalue weighted by Crippen LogP contribution is 2.47. The van der Waals surface area contributed by atoms with E-state index >= 15 is 0 Å².